The molecule has 0 saturated carbocycles. The molecule has 2 rings (SSSR count). The lowest BCUT2D eigenvalue weighted by Crippen LogP contribution is -2.31. The first-order valence-electron chi connectivity index (χ1n) is 6.31. The lowest BCUT2D eigenvalue weighted by molar-refractivity contribution is -0.124. The third-order valence-electron chi connectivity index (χ3n) is 2.83. The molecular formula is C15H16N2O3. The SMILES string of the molecule is C[C@@H](NC(=O)COC(=O)c1ccc[nH]1)c1ccccc1. The number of benzene rings is 1. The van der Waals surface area contributed by atoms with Crippen molar-refractivity contribution in [2.75, 3.05) is 6.61 Å². The second kappa shape index (κ2) is 6.56. The maximum atomic E-state index is 11.7. The molecular weight excluding hydrogens is 256 g/mol. The van der Waals surface area contributed by atoms with Crippen LogP contribution in [0.1, 0.15) is 29.0 Å². The highest BCUT2D eigenvalue weighted by Crippen LogP contribution is 2.10. The second-order valence-corrected chi connectivity index (χ2v) is 4.36. The molecule has 104 valence electrons. The summed E-state index contributed by atoms with van der Waals surface area (Å²) >= 11 is 0. The van der Waals surface area contributed by atoms with Crippen LogP contribution in [0, 0.1) is 0 Å². The molecule has 5 nitrogen and oxygen atoms in total. The molecule has 1 atom stereocenters. The minimum absolute atomic E-state index is 0.132. The summed E-state index contributed by atoms with van der Waals surface area (Å²) in [5, 5.41) is 2.77. The molecule has 2 aromatic rings. The predicted octanol–water partition coefficient (Wildman–Crippen LogP) is 2.05. The van der Waals surface area contributed by atoms with E-state index < -0.39 is 5.97 Å². The van der Waals surface area contributed by atoms with E-state index in [1.165, 1.54) is 0 Å². The zero-order chi connectivity index (χ0) is 14.4. The first-order chi connectivity index (χ1) is 9.66. The van der Waals surface area contributed by atoms with E-state index in [9.17, 15) is 9.59 Å². The van der Waals surface area contributed by atoms with Gasteiger partial charge in [-0.3, -0.25) is 4.79 Å². The normalized spacial score (nSPS) is 11.7. The third kappa shape index (κ3) is 3.71. The standard InChI is InChI=1S/C15H16N2O3/c1-11(12-6-3-2-4-7-12)17-14(18)10-20-15(19)13-8-5-9-16-13/h2-9,11,16H,10H2,1H3,(H,17,18)/t11-/m1/s1. The summed E-state index contributed by atoms with van der Waals surface area (Å²) < 4.78 is 4.90. The van der Waals surface area contributed by atoms with Gasteiger partial charge < -0.3 is 15.0 Å². The van der Waals surface area contributed by atoms with Gasteiger partial charge in [0.1, 0.15) is 5.69 Å². The number of ether oxygens (including phenoxy) is 1. The van der Waals surface area contributed by atoms with Gasteiger partial charge in [0.2, 0.25) is 0 Å². The quantitative estimate of drug-likeness (QED) is 0.818. The van der Waals surface area contributed by atoms with Gasteiger partial charge in [0.05, 0.1) is 6.04 Å². The van der Waals surface area contributed by atoms with Crippen molar-refractivity contribution in [3.8, 4) is 0 Å². The van der Waals surface area contributed by atoms with E-state index in [2.05, 4.69) is 10.3 Å². The fraction of sp³-hybridized carbons (Fsp3) is 0.200. The molecule has 1 aromatic carbocycles. The van der Waals surface area contributed by atoms with Gasteiger partial charge in [0.15, 0.2) is 6.61 Å². The van der Waals surface area contributed by atoms with Crippen LogP contribution in [0.5, 0.6) is 0 Å². The third-order valence-corrected chi connectivity index (χ3v) is 2.83. The Hall–Kier alpha value is -2.56. The average Bonchev–Trinajstić information content (AvgIpc) is 3.00. The Morgan fingerprint density at radius 1 is 1.20 bits per heavy atom. The van der Waals surface area contributed by atoms with Crippen LogP contribution in [0.25, 0.3) is 0 Å². The number of hydrogen-bond acceptors (Lipinski definition) is 3. The summed E-state index contributed by atoms with van der Waals surface area (Å²) in [5.41, 5.74) is 1.32. The average molecular weight is 272 g/mol. The van der Waals surface area contributed by atoms with E-state index in [-0.39, 0.29) is 18.6 Å². The smallest absolute Gasteiger partial charge is 0.355 e. The first kappa shape index (κ1) is 13.9. The van der Waals surface area contributed by atoms with Crippen molar-refractivity contribution >= 4 is 11.9 Å². The fourth-order valence-corrected chi connectivity index (χ4v) is 1.77. The Morgan fingerprint density at radius 2 is 1.95 bits per heavy atom. The molecule has 0 unspecified atom stereocenters. The highest BCUT2D eigenvalue weighted by molar-refractivity contribution is 5.89. The number of esters is 1. The minimum atomic E-state index is -0.544. The van der Waals surface area contributed by atoms with Crippen molar-refractivity contribution in [3.63, 3.8) is 0 Å². The number of H-pyrrole nitrogens is 1. The molecule has 0 spiro atoms. The predicted molar refractivity (Wildman–Crippen MR) is 74.1 cm³/mol. The number of rotatable bonds is 5. The maximum absolute atomic E-state index is 11.7. The molecule has 1 heterocycles. The van der Waals surface area contributed by atoms with Crippen molar-refractivity contribution in [2.45, 2.75) is 13.0 Å². The zero-order valence-corrected chi connectivity index (χ0v) is 11.1. The number of nitrogens with one attached hydrogen (secondary N) is 2. The van der Waals surface area contributed by atoms with Crippen molar-refractivity contribution < 1.29 is 14.3 Å². The van der Waals surface area contributed by atoms with E-state index in [4.69, 9.17) is 4.74 Å². The van der Waals surface area contributed by atoms with E-state index in [0.717, 1.165) is 5.56 Å². The first-order valence-corrected chi connectivity index (χ1v) is 6.31. The monoisotopic (exact) mass is 272 g/mol. The number of carbonyl (C=O) groups is 2. The van der Waals surface area contributed by atoms with Gasteiger partial charge in [-0.25, -0.2) is 4.79 Å². The molecule has 0 bridgehead atoms. The molecule has 0 aliphatic heterocycles. The van der Waals surface area contributed by atoms with Crippen LogP contribution in [-0.4, -0.2) is 23.5 Å². The van der Waals surface area contributed by atoms with Crippen LogP contribution in [0.3, 0.4) is 0 Å². The van der Waals surface area contributed by atoms with Crippen molar-refractivity contribution in [1.29, 1.82) is 0 Å². The van der Waals surface area contributed by atoms with E-state index in [1.807, 2.05) is 37.3 Å². The van der Waals surface area contributed by atoms with Crippen LogP contribution in [-0.2, 0) is 9.53 Å². The molecule has 20 heavy (non-hydrogen) atoms. The van der Waals surface area contributed by atoms with E-state index in [1.54, 1.807) is 18.3 Å². The topological polar surface area (TPSA) is 71.2 Å². The van der Waals surface area contributed by atoms with Crippen molar-refractivity contribution in [3.05, 3.63) is 59.9 Å². The minimum Gasteiger partial charge on any atom is -0.451 e. The van der Waals surface area contributed by atoms with Gasteiger partial charge in [0, 0.05) is 6.20 Å². The second-order valence-electron chi connectivity index (χ2n) is 4.36. The van der Waals surface area contributed by atoms with Gasteiger partial charge >= 0.3 is 5.97 Å². The number of amides is 1. The number of hydrogen-bond donors (Lipinski definition) is 2. The summed E-state index contributed by atoms with van der Waals surface area (Å²) in [6.07, 6.45) is 1.62. The Morgan fingerprint density at radius 3 is 2.60 bits per heavy atom. The van der Waals surface area contributed by atoms with Crippen LogP contribution in [0.4, 0.5) is 0 Å². The lowest BCUT2D eigenvalue weighted by atomic mass is 10.1. The molecule has 0 aliphatic rings. The van der Waals surface area contributed by atoms with Crippen molar-refractivity contribution in [2.24, 2.45) is 0 Å². The molecule has 0 fully saturated rings. The van der Waals surface area contributed by atoms with E-state index in [0.29, 0.717) is 5.69 Å². The summed E-state index contributed by atoms with van der Waals surface area (Å²) in [4.78, 5) is 26.0. The molecule has 0 saturated heterocycles. The fourth-order valence-electron chi connectivity index (χ4n) is 1.77. The number of aromatic amines is 1. The Balaban J connectivity index is 1.80. The van der Waals surface area contributed by atoms with Crippen LogP contribution >= 0.6 is 0 Å². The summed E-state index contributed by atoms with van der Waals surface area (Å²) in [5.74, 6) is -0.876. The van der Waals surface area contributed by atoms with Gasteiger partial charge in [-0.2, -0.15) is 0 Å². The lowest BCUT2D eigenvalue weighted by Gasteiger charge is -2.14. The Bertz CT molecular complexity index is 564. The molecule has 1 amide bonds. The highest BCUT2D eigenvalue weighted by atomic mass is 16.5. The number of aromatic nitrogens is 1. The van der Waals surface area contributed by atoms with Crippen molar-refractivity contribution in [1.82, 2.24) is 10.3 Å². The Labute approximate surface area is 117 Å². The zero-order valence-electron chi connectivity index (χ0n) is 11.1. The summed E-state index contributed by atoms with van der Waals surface area (Å²) in [6.45, 7) is 1.58. The highest BCUT2D eigenvalue weighted by Gasteiger charge is 2.13. The van der Waals surface area contributed by atoms with Gasteiger partial charge in [-0.1, -0.05) is 30.3 Å². The van der Waals surface area contributed by atoms with Crippen LogP contribution < -0.4 is 5.32 Å². The summed E-state index contributed by atoms with van der Waals surface area (Å²) in [7, 11) is 0. The maximum Gasteiger partial charge on any atom is 0.355 e. The van der Waals surface area contributed by atoms with Crippen LogP contribution in [0.2, 0.25) is 0 Å². The summed E-state index contributed by atoms with van der Waals surface area (Å²) in [6, 6.07) is 12.7. The van der Waals surface area contributed by atoms with E-state index >= 15 is 0 Å². The van der Waals surface area contributed by atoms with Crippen LogP contribution in [0.15, 0.2) is 48.7 Å². The van der Waals surface area contributed by atoms with Gasteiger partial charge in [-0.15, -0.1) is 0 Å². The largest absolute Gasteiger partial charge is 0.451 e. The molecule has 0 aliphatic carbocycles. The van der Waals surface area contributed by atoms with Gasteiger partial charge in [0.25, 0.3) is 5.91 Å². The Kier molecular flexibility index (Phi) is 4.55. The number of carbonyl (C=O) groups excluding carboxylic acids is 2. The molecule has 5 heteroatoms. The molecule has 1 aromatic heterocycles. The molecule has 0 radical (unpaired) electrons. The molecule has 2 N–H and O–H groups in total. The van der Waals surface area contributed by atoms with Gasteiger partial charge in [-0.05, 0) is 24.6 Å².